The maximum absolute atomic E-state index is 12.9. The second-order valence-corrected chi connectivity index (χ2v) is 5.34. The van der Waals surface area contributed by atoms with Gasteiger partial charge in [-0.3, -0.25) is 0 Å². The van der Waals surface area contributed by atoms with E-state index in [9.17, 15) is 4.39 Å². The number of aliphatic imine (C=N–C) groups is 1. The van der Waals surface area contributed by atoms with Crippen LogP contribution in [0.5, 0.6) is 0 Å². The third kappa shape index (κ3) is 2.54. The van der Waals surface area contributed by atoms with Crippen LogP contribution in [0, 0.1) is 11.2 Å². The number of hydrogen-bond donors (Lipinski definition) is 1. The maximum Gasteiger partial charge on any atom is 0.123 e. The first-order chi connectivity index (χ1) is 7.98. The Labute approximate surface area is 101 Å². The molecule has 0 radical (unpaired) electrons. The van der Waals surface area contributed by atoms with Gasteiger partial charge in [0.25, 0.3) is 0 Å². The Balaban J connectivity index is 2.37. The van der Waals surface area contributed by atoms with Gasteiger partial charge in [0.2, 0.25) is 0 Å². The van der Waals surface area contributed by atoms with Gasteiger partial charge < -0.3 is 5.32 Å². The smallest absolute Gasteiger partial charge is 0.123 e. The monoisotopic (exact) mass is 232 g/mol. The number of hydrogen-bond acceptors (Lipinski definition) is 2. The van der Waals surface area contributed by atoms with Crippen molar-refractivity contribution in [2.75, 3.05) is 0 Å². The van der Waals surface area contributed by atoms with Gasteiger partial charge in [-0.2, -0.15) is 0 Å². The van der Waals surface area contributed by atoms with Gasteiger partial charge in [0.15, 0.2) is 0 Å². The minimum absolute atomic E-state index is 0.0761. The molecule has 0 aromatic heterocycles. The number of nitrogens with zero attached hydrogens (tertiary/aromatic N) is 1. The second kappa shape index (κ2) is 4.32. The van der Waals surface area contributed by atoms with Gasteiger partial charge in [-0.25, -0.2) is 9.38 Å². The average molecular weight is 232 g/mol. The molecule has 0 fully saturated rings. The Hall–Kier alpha value is -1.64. The summed E-state index contributed by atoms with van der Waals surface area (Å²) in [6, 6.07) is 6.73. The van der Waals surface area contributed by atoms with Crippen molar-refractivity contribution >= 4 is 11.9 Å². The fourth-order valence-corrected chi connectivity index (χ4v) is 2.00. The molecule has 0 amide bonds. The summed E-state index contributed by atoms with van der Waals surface area (Å²) in [5.74, 6) is -0.214. The summed E-state index contributed by atoms with van der Waals surface area (Å²) in [5, 5.41) is 3.27. The van der Waals surface area contributed by atoms with Crippen LogP contribution in [-0.2, 0) is 0 Å². The van der Waals surface area contributed by atoms with Crippen molar-refractivity contribution in [1.82, 2.24) is 5.32 Å². The summed E-state index contributed by atoms with van der Waals surface area (Å²) in [6.07, 6.45) is 3.56. The van der Waals surface area contributed by atoms with Crippen LogP contribution in [0.25, 0.3) is 5.57 Å². The van der Waals surface area contributed by atoms with Crippen molar-refractivity contribution in [3.05, 3.63) is 41.8 Å². The van der Waals surface area contributed by atoms with Crippen molar-refractivity contribution in [3.8, 4) is 0 Å². The van der Waals surface area contributed by atoms with Crippen LogP contribution in [0.2, 0.25) is 0 Å². The van der Waals surface area contributed by atoms with Crippen LogP contribution in [-0.4, -0.2) is 12.4 Å². The molecular formula is C14H17FN2. The SMILES string of the molecule is CC(C)(C)C1NC=NC=C1c1ccc(F)cc1. The number of halogens is 1. The molecule has 3 heteroatoms. The van der Waals surface area contributed by atoms with E-state index in [1.807, 2.05) is 6.20 Å². The van der Waals surface area contributed by atoms with Crippen LogP contribution >= 0.6 is 0 Å². The third-order valence-corrected chi connectivity index (χ3v) is 2.88. The minimum Gasteiger partial charge on any atom is -0.369 e. The summed E-state index contributed by atoms with van der Waals surface area (Å²) in [5.41, 5.74) is 2.18. The molecule has 0 saturated carbocycles. The Kier molecular flexibility index (Phi) is 3.01. The molecule has 1 atom stereocenters. The molecule has 2 rings (SSSR count). The molecule has 0 spiro atoms. The highest BCUT2D eigenvalue weighted by molar-refractivity contribution is 5.77. The highest BCUT2D eigenvalue weighted by Crippen LogP contribution is 2.32. The van der Waals surface area contributed by atoms with Gasteiger partial charge in [0.1, 0.15) is 5.82 Å². The fourth-order valence-electron chi connectivity index (χ4n) is 2.00. The minimum atomic E-state index is -0.214. The molecule has 2 nitrogen and oxygen atoms in total. The molecular weight excluding hydrogens is 215 g/mol. The first-order valence-electron chi connectivity index (χ1n) is 5.72. The zero-order valence-electron chi connectivity index (χ0n) is 10.4. The summed E-state index contributed by atoms with van der Waals surface area (Å²) in [7, 11) is 0. The first kappa shape index (κ1) is 11.8. The highest BCUT2D eigenvalue weighted by Gasteiger charge is 2.29. The summed E-state index contributed by atoms with van der Waals surface area (Å²) in [4.78, 5) is 4.13. The Bertz CT molecular complexity index is 452. The van der Waals surface area contributed by atoms with Crippen molar-refractivity contribution in [2.45, 2.75) is 26.8 Å². The molecule has 1 aromatic rings. The molecule has 1 aliphatic rings. The molecule has 17 heavy (non-hydrogen) atoms. The van der Waals surface area contributed by atoms with E-state index in [1.165, 1.54) is 12.1 Å². The average Bonchev–Trinajstić information content (AvgIpc) is 2.29. The van der Waals surface area contributed by atoms with Crippen molar-refractivity contribution in [1.29, 1.82) is 0 Å². The predicted molar refractivity (Wildman–Crippen MR) is 69.2 cm³/mol. The molecule has 0 aliphatic carbocycles. The lowest BCUT2D eigenvalue weighted by Crippen LogP contribution is -2.41. The van der Waals surface area contributed by atoms with E-state index in [2.05, 4.69) is 31.1 Å². The molecule has 1 aromatic carbocycles. The van der Waals surface area contributed by atoms with Gasteiger partial charge in [0.05, 0.1) is 12.4 Å². The van der Waals surface area contributed by atoms with E-state index in [0.29, 0.717) is 0 Å². The lowest BCUT2D eigenvalue weighted by atomic mass is 9.80. The molecule has 90 valence electrons. The molecule has 1 aliphatic heterocycles. The zero-order chi connectivity index (χ0) is 12.5. The van der Waals surface area contributed by atoms with Gasteiger partial charge >= 0.3 is 0 Å². The fraction of sp³-hybridized carbons (Fsp3) is 0.357. The molecule has 1 N–H and O–H groups in total. The quantitative estimate of drug-likeness (QED) is 0.790. The van der Waals surface area contributed by atoms with E-state index in [-0.39, 0.29) is 17.3 Å². The predicted octanol–water partition coefficient (Wildman–Crippen LogP) is 3.21. The van der Waals surface area contributed by atoms with Crippen LogP contribution < -0.4 is 5.32 Å². The number of benzene rings is 1. The largest absolute Gasteiger partial charge is 0.369 e. The van der Waals surface area contributed by atoms with Crippen LogP contribution in [0.3, 0.4) is 0 Å². The standard InChI is InChI=1S/C14H17FN2/c1-14(2,3)13-12(8-16-9-17-13)10-4-6-11(15)7-5-10/h4-9,13H,1-3H3,(H,16,17). The van der Waals surface area contributed by atoms with E-state index >= 15 is 0 Å². The molecule has 1 unspecified atom stereocenters. The van der Waals surface area contributed by atoms with E-state index < -0.39 is 0 Å². The highest BCUT2D eigenvalue weighted by atomic mass is 19.1. The second-order valence-electron chi connectivity index (χ2n) is 5.34. The van der Waals surface area contributed by atoms with Crippen molar-refractivity contribution in [3.63, 3.8) is 0 Å². The first-order valence-corrected chi connectivity index (χ1v) is 5.72. The summed E-state index contributed by atoms with van der Waals surface area (Å²) >= 11 is 0. The normalized spacial score (nSPS) is 19.8. The maximum atomic E-state index is 12.9. The Morgan fingerprint density at radius 3 is 2.41 bits per heavy atom. The zero-order valence-corrected chi connectivity index (χ0v) is 10.4. The topological polar surface area (TPSA) is 24.4 Å². The van der Waals surface area contributed by atoms with E-state index in [4.69, 9.17) is 0 Å². The molecule has 1 heterocycles. The van der Waals surface area contributed by atoms with Gasteiger partial charge in [-0.05, 0) is 23.1 Å². The molecule has 0 saturated heterocycles. The summed E-state index contributed by atoms with van der Waals surface area (Å²) < 4.78 is 12.9. The summed E-state index contributed by atoms with van der Waals surface area (Å²) in [6.45, 7) is 6.50. The number of rotatable bonds is 1. The van der Waals surface area contributed by atoms with E-state index in [0.717, 1.165) is 11.1 Å². The number of nitrogens with one attached hydrogen (secondary N) is 1. The Morgan fingerprint density at radius 1 is 1.18 bits per heavy atom. The van der Waals surface area contributed by atoms with Crippen LogP contribution in [0.4, 0.5) is 4.39 Å². The van der Waals surface area contributed by atoms with Gasteiger partial charge in [0, 0.05) is 11.8 Å². The van der Waals surface area contributed by atoms with Gasteiger partial charge in [-0.1, -0.05) is 32.9 Å². The third-order valence-electron chi connectivity index (χ3n) is 2.88. The van der Waals surface area contributed by atoms with E-state index in [1.54, 1.807) is 18.5 Å². The van der Waals surface area contributed by atoms with Crippen molar-refractivity contribution in [2.24, 2.45) is 10.4 Å². The van der Waals surface area contributed by atoms with Crippen LogP contribution in [0.15, 0.2) is 35.5 Å². The van der Waals surface area contributed by atoms with Gasteiger partial charge in [-0.15, -0.1) is 0 Å². The van der Waals surface area contributed by atoms with Crippen LogP contribution in [0.1, 0.15) is 26.3 Å². The lowest BCUT2D eigenvalue weighted by Gasteiger charge is -2.34. The van der Waals surface area contributed by atoms with Crippen molar-refractivity contribution < 1.29 is 4.39 Å². The lowest BCUT2D eigenvalue weighted by molar-refractivity contribution is 0.352. The Morgan fingerprint density at radius 2 is 1.82 bits per heavy atom. The molecule has 0 bridgehead atoms.